The van der Waals surface area contributed by atoms with Crippen molar-refractivity contribution in [2.45, 2.75) is 39.9 Å². The summed E-state index contributed by atoms with van der Waals surface area (Å²) >= 11 is 0. The predicted molar refractivity (Wildman–Crippen MR) is 149 cm³/mol. The zero-order valence-corrected chi connectivity index (χ0v) is 23.2. The van der Waals surface area contributed by atoms with Gasteiger partial charge in [-0.3, -0.25) is 0 Å². The minimum absolute atomic E-state index is 0.0207. The molecule has 2 aromatic carbocycles. The maximum atomic E-state index is 11.3. The van der Waals surface area contributed by atoms with Gasteiger partial charge in [-0.05, 0) is 63.1 Å². The molecule has 2 atom stereocenters. The molecule has 39 heavy (non-hydrogen) atoms. The summed E-state index contributed by atoms with van der Waals surface area (Å²) in [5.74, 6) is 0.0193. The van der Waals surface area contributed by atoms with E-state index in [4.69, 9.17) is 23.7 Å². The molecule has 0 saturated carbocycles. The molecule has 0 aliphatic heterocycles. The van der Waals surface area contributed by atoms with Crippen molar-refractivity contribution in [3.63, 3.8) is 0 Å². The smallest absolute Gasteiger partial charge is 0.333 e. The Labute approximate surface area is 230 Å². The third-order valence-corrected chi connectivity index (χ3v) is 4.85. The molecule has 0 aromatic heterocycles. The van der Waals surface area contributed by atoms with E-state index in [1.165, 1.54) is 13.8 Å². The molecule has 0 heterocycles. The van der Waals surface area contributed by atoms with Gasteiger partial charge < -0.3 is 33.9 Å². The summed E-state index contributed by atoms with van der Waals surface area (Å²) < 4.78 is 25.7. The molecule has 2 rings (SSSR count). The topological polar surface area (TPSA) is 121 Å². The first-order chi connectivity index (χ1) is 18.6. The van der Waals surface area contributed by atoms with Crippen LogP contribution < -0.4 is 9.47 Å². The normalized spacial score (nSPS) is 11.7. The van der Waals surface area contributed by atoms with Crippen LogP contribution in [0.2, 0.25) is 0 Å². The average Bonchev–Trinajstić information content (AvgIpc) is 2.93. The summed E-state index contributed by atoms with van der Waals surface area (Å²) in [7, 11) is 0. The molecule has 9 nitrogen and oxygen atoms in total. The first-order valence-corrected chi connectivity index (χ1v) is 12.6. The fourth-order valence-corrected chi connectivity index (χ4v) is 2.76. The number of aliphatic hydroxyl groups excluding tert-OH is 2. The van der Waals surface area contributed by atoms with Crippen molar-refractivity contribution < 1.29 is 43.5 Å². The third kappa shape index (κ3) is 14.2. The van der Waals surface area contributed by atoms with Gasteiger partial charge >= 0.3 is 11.9 Å². The number of rotatable bonds is 15. The molecule has 0 saturated heterocycles. The highest BCUT2D eigenvalue weighted by Gasteiger charge is 2.12. The van der Waals surface area contributed by atoms with Crippen LogP contribution in [0.4, 0.5) is 0 Å². The lowest BCUT2D eigenvalue weighted by atomic mass is 10.1. The van der Waals surface area contributed by atoms with E-state index in [1.54, 1.807) is 24.3 Å². The lowest BCUT2D eigenvalue weighted by Crippen LogP contribution is -2.25. The maximum absolute atomic E-state index is 11.3. The summed E-state index contributed by atoms with van der Waals surface area (Å²) in [6.45, 7) is 15.3. The highest BCUT2D eigenvalue weighted by atomic mass is 16.6. The second kappa shape index (κ2) is 18.6. The number of benzene rings is 2. The van der Waals surface area contributed by atoms with Crippen molar-refractivity contribution in [1.82, 2.24) is 0 Å². The van der Waals surface area contributed by atoms with Gasteiger partial charge in [0.1, 0.15) is 50.1 Å². The molecule has 0 radical (unpaired) electrons. The van der Waals surface area contributed by atoms with Gasteiger partial charge in [-0.2, -0.15) is 0 Å². The molecule has 0 aliphatic carbocycles. The van der Waals surface area contributed by atoms with Gasteiger partial charge in [-0.1, -0.05) is 37.4 Å². The molecule has 2 N–H and O–H groups in total. The van der Waals surface area contributed by atoms with Crippen LogP contribution in [0.25, 0.3) is 11.1 Å². The highest BCUT2D eigenvalue weighted by molar-refractivity contribution is 5.87. The van der Waals surface area contributed by atoms with Crippen molar-refractivity contribution in [2.24, 2.45) is 0 Å². The monoisotopic (exact) mass is 544 g/mol. The Balaban J connectivity index is 0.00000139. The Hall–Kier alpha value is -3.66. The fourth-order valence-electron chi connectivity index (χ4n) is 2.76. The van der Waals surface area contributed by atoms with Crippen LogP contribution in [0.15, 0.2) is 72.8 Å². The van der Waals surface area contributed by atoms with E-state index in [2.05, 4.69) is 13.2 Å². The molecule has 0 spiro atoms. The van der Waals surface area contributed by atoms with Gasteiger partial charge in [-0.25, -0.2) is 9.59 Å². The first kappa shape index (κ1) is 33.4. The van der Waals surface area contributed by atoms with Crippen molar-refractivity contribution in [3.8, 4) is 22.6 Å². The second-order valence-corrected chi connectivity index (χ2v) is 8.52. The second-order valence-electron chi connectivity index (χ2n) is 8.52. The van der Waals surface area contributed by atoms with Crippen LogP contribution in [-0.2, 0) is 23.8 Å². The zero-order chi connectivity index (χ0) is 29.2. The summed E-state index contributed by atoms with van der Waals surface area (Å²) in [6.07, 6.45) is -1.90. The van der Waals surface area contributed by atoms with Crippen molar-refractivity contribution >= 4 is 11.9 Å². The summed E-state index contributed by atoms with van der Waals surface area (Å²) in [5, 5.41) is 19.7. The minimum atomic E-state index is -0.952. The van der Waals surface area contributed by atoms with Crippen LogP contribution in [0.5, 0.6) is 11.5 Å². The Morgan fingerprint density at radius 1 is 0.667 bits per heavy atom. The van der Waals surface area contributed by atoms with Crippen LogP contribution in [-0.4, -0.2) is 74.0 Å². The van der Waals surface area contributed by atoms with E-state index >= 15 is 0 Å². The molecule has 2 aromatic rings. The number of hydrogen-bond acceptors (Lipinski definition) is 9. The van der Waals surface area contributed by atoms with Gasteiger partial charge in [0, 0.05) is 24.4 Å². The zero-order valence-electron chi connectivity index (χ0n) is 23.2. The van der Waals surface area contributed by atoms with Gasteiger partial charge in [0.05, 0.1) is 0 Å². The van der Waals surface area contributed by atoms with Crippen LogP contribution in [0.3, 0.4) is 0 Å². The molecule has 0 amide bonds. The number of carbonyl (C=O) groups is 2. The van der Waals surface area contributed by atoms with Crippen LogP contribution in [0, 0.1) is 0 Å². The third-order valence-electron chi connectivity index (χ3n) is 4.85. The molecule has 0 bridgehead atoms. The van der Waals surface area contributed by atoms with E-state index < -0.39 is 24.1 Å². The van der Waals surface area contributed by atoms with Gasteiger partial charge in [0.25, 0.3) is 0 Å². The quantitative estimate of drug-likeness (QED) is 0.252. The number of esters is 2. The number of ether oxygens (including phenoxy) is 5. The largest absolute Gasteiger partial charge is 0.491 e. The Morgan fingerprint density at radius 2 is 1.00 bits per heavy atom. The summed E-state index contributed by atoms with van der Waals surface area (Å²) in [5.41, 5.74) is 2.42. The summed E-state index contributed by atoms with van der Waals surface area (Å²) in [6, 6.07) is 14.6. The average molecular weight is 545 g/mol. The fraction of sp³-hybridized carbons (Fsp3) is 0.400. The van der Waals surface area contributed by atoms with Gasteiger partial charge in [0.2, 0.25) is 0 Å². The van der Waals surface area contributed by atoms with Crippen molar-refractivity contribution in [3.05, 3.63) is 72.8 Å². The molecule has 214 valence electrons. The maximum Gasteiger partial charge on any atom is 0.333 e. The molecule has 2 unspecified atom stereocenters. The number of carbonyl (C=O) groups excluding carboxylic acids is 2. The van der Waals surface area contributed by atoms with E-state index in [0.717, 1.165) is 24.3 Å². The highest BCUT2D eigenvalue weighted by Crippen LogP contribution is 2.25. The molecular formula is C30H40O9. The Morgan fingerprint density at radius 3 is 1.26 bits per heavy atom. The minimum Gasteiger partial charge on any atom is -0.491 e. The number of aliphatic hydroxyl groups is 2. The first-order valence-electron chi connectivity index (χ1n) is 12.6. The van der Waals surface area contributed by atoms with Crippen LogP contribution >= 0.6 is 0 Å². The van der Waals surface area contributed by atoms with E-state index in [-0.39, 0.29) is 37.6 Å². The van der Waals surface area contributed by atoms with E-state index in [1.807, 2.05) is 38.1 Å². The molecule has 0 fully saturated rings. The molecule has 9 heteroatoms. The predicted octanol–water partition coefficient (Wildman–Crippen LogP) is 4.11. The van der Waals surface area contributed by atoms with Gasteiger partial charge in [0.15, 0.2) is 0 Å². The molecular weight excluding hydrogens is 504 g/mol. The lowest BCUT2D eigenvalue weighted by Gasteiger charge is -2.14. The van der Waals surface area contributed by atoms with Crippen molar-refractivity contribution in [1.29, 1.82) is 0 Å². The summed E-state index contributed by atoms with van der Waals surface area (Å²) in [4.78, 5) is 22.7. The SMILES string of the molecule is C=C(C)C(=O)OCC(O)COc1ccc(-c2ccc(OCC(O)COC(=O)C(=C)C)cc2)cc1.CCOCC. The Bertz CT molecular complexity index is 946. The van der Waals surface area contributed by atoms with Crippen LogP contribution in [0.1, 0.15) is 27.7 Å². The van der Waals surface area contributed by atoms with E-state index in [0.29, 0.717) is 11.5 Å². The van der Waals surface area contributed by atoms with E-state index in [9.17, 15) is 19.8 Å². The Kier molecular flexibility index (Phi) is 15.9. The van der Waals surface area contributed by atoms with Crippen molar-refractivity contribution in [2.75, 3.05) is 39.6 Å². The standard InChI is InChI=1S/C26H30O8.C4H10O/c1-17(2)25(29)33-15-21(27)13-31-23-9-5-19(6-10-23)20-7-11-24(12-8-20)32-14-22(28)16-34-26(30)18(3)4;1-3-5-4-2/h5-12,21-22,27-28H,1,3,13-16H2,2,4H3;3-4H2,1-2H3. The van der Waals surface area contributed by atoms with Gasteiger partial charge in [-0.15, -0.1) is 0 Å². The lowest BCUT2D eigenvalue weighted by molar-refractivity contribution is -0.143. The number of hydrogen-bond donors (Lipinski definition) is 2. The molecule has 0 aliphatic rings.